The molecule has 2 atom stereocenters. The number of aromatic nitrogens is 1. The van der Waals surface area contributed by atoms with E-state index < -0.39 is 11.4 Å². The van der Waals surface area contributed by atoms with E-state index >= 15 is 0 Å². The summed E-state index contributed by atoms with van der Waals surface area (Å²) in [7, 11) is 0. The molecule has 5 heteroatoms. The predicted molar refractivity (Wildman–Crippen MR) is 137 cm³/mol. The van der Waals surface area contributed by atoms with E-state index in [1.807, 2.05) is 79.9 Å². The van der Waals surface area contributed by atoms with E-state index in [1.165, 1.54) is 11.1 Å². The smallest absolute Gasteiger partial charge is 0.322 e. The third kappa shape index (κ3) is 4.59. The van der Waals surface area contributed by atoms with Gasteiger partial charge in [-0.2, -0.15) is 0 Å². The molecule has 1 aliphatic rings. The number of para-hydroxylation sites is 1. The largest absolute Gasteiger partial charge is 0.461 e. The van der Waals surface area contributed by atoms with E-state index in [1.54, 1.807) is 6.92 Å². The van der Waals surface area contributed by atoms with Gasteiger partial charge in [0, 0.05) is 29.9 Å². The van der Waals surface area contributed by atoms with Gasteiger partial charge in [0.15, 0.2) is 0 Å². The zero-order chi connectivity index (χ0) is 24.4. The maximum absolute atomic E-state index is 13.7. The Labute approximate surface area is 205 Å². The van der Waals surface area contributed by atoms with Crippen LogP contribution in [0.5, 0.6) is 0 Å². The van der Waals surface area contributed by atoms with Gasteiger partial charge in [-0.25, -0.2) is 0 Å². The number of esters is 1. The number of fused-ring (bicyclic) bond motifs is 2. The lowest BCUT2D eigenvalue weighted by atomic mass is 9.82. The van der Waals surface area contributed by atoms with E-state index in [2.05, 4.69) is 22.4 Å². The maximum Gasteiger partial charge on any atom is 0.322 e. The number of amides is 1. The molecule has 0 saturated carbocycles. The SMILES string of the molecule is CC(NC(=O)C(C)(Cc1c[nH]c2ccccc12)C(=O)OC1Cc2ccccc2C1)c1ccccc1. The number of aromatic amines is 1. The Balaban J connectivity index is 1.41. The molecule has 0 fully saturated rings. The Bertz CT molecular complexity index is 1340. The second-order valence-corrected chi connectivity index (χ2v) is 9.68. The highest BCUT2D eigenvalue weighted by atomic mass is 16.5. The number of hydrogen-bond acceptors (Lipinski definition) is 3. The Morgan fingerprint density at radius 1 is 0.971 bits per heavy atom. The number of benzene rings is 3. The van der Waals surface area contributed by atoms with Crippen molar-refractivity contribution in [3.05, 3.63) is 107 Å². The maximum atomic E-state index is 13.7. The number of rotatable bonds is 7. The zero-order valence-electron chi connectivity index (χ0n) is 20.1. The summed E-state index contributed by atoms with van der Waals surface area (Å²) in [5.41, 5.74) is 3.88. The molecule has 2 N–H and O–H groups in total. The molecular weight excluding hydrogens is 436 g/mol. The Morgan fingerprint density at radius 2 is 1.60 bits per heavy atom. The topological polar surface area (TPSA) is 71.2 Å². The summed E-state index contributed by atoms with van der Waals surface area (Å²) in [6.45, 7) is 3.63. The minimum atomic E-state index is -1.39. The van der Waals surface area contributed by atoms with E-state index in [0.717, 1.165) is 22.0 Å². The fourth-order valence-corrected chi connectivity index (χ4v) is 4.97. The first-order chi connectivity index (χ1) is 16.9. The molecule has 0 spiro atoms. The van der Waals surface area contributed by atoms with Crippen LogP contribution in [0.1, 0.15) is 42.1 Å². The van der Waals surface area contributed by atoms with E-state index in [9.17, 15) is 9.59 Å². The minimum absolute atomic E-state index is 0.239. The van der Waals surface area contributed by atoms with Gasteiger partial charge < -0.3 is 15.0 Å². The Hall–Kier alpha value is -3.86. The van der Waals surface area contributed by atoms with Gasteiger partial charge in [-0.1, -0.05) is 72.8 Å². The van der Waals surface area contributed by atoms with Crippen molar-refractivity contribution >= 4 is 22.8 Å². The fourth-order valence-electron chi connectivity index (χ4n) is 4.97. The van der Waals surface area contributed by atoms with Crippen molar-refractivity contribution in [2.75, 3.05) is 0 Å². The van der Waals surface area contributed by atoms with Crippen molar-refractivity contribution in [2.24, 2.45) is 5.41 Å². The molecule has 5 nitrogen and oxygen atoms in total. The van der Waals surface area contributed by atoms with E-state index in [-0.39, 0.29) is 24.5 Å². The normalized spacial score (nSPS) is 15.8. The lowest BCUT2D eigenvalue weighted by Gasteiger charge is -2.29. The van der Waals surface area contributed by atoms with Crippen molar-refractivity contribution in [2.45, 2.75) is 45.3 Å². The van der Waals surface area contributed by atoms with Gasteiger partial charge in [0.2, 0.25) is 5.91 Å². The van der Waals surface area contributed by atoms with E-state index in [0.29, 0.717) is 12.8 Å². The van der Waals surface area contributed by atoms with Crippen LogP contribution in [0.4, 0.5) is 0 Å². The van der Waals surface area contributed by atoms with Gasteiger partial charge in [0.25, 0.3) is 0 Å². The molecule has 4 aromatic rings. The van der Waals surface area contributed by atoms with Crippen LogP contribution in [-0.2, 0) is 33.6 Å². The number of nitrogens with one attached hydrogen (secondary N) is 2. The van der Waals surface area contributed by atoms with Crippen LogP contribution in [0.15, 0.2) is 85.1 Å². The van der Waals surface area contributed by atoms with Gasteiger partial charge in [0.05, 0.1) is 6.04 Å². The quantitative estimate of drug-likeness (QED) is 0.287. The Kier molecular flexibility index (Phi) is 6.16. The van der Waals surface area contributed by atoms with Crippen LogP contribution in [-0.4, -0.2) is 23.0 Å². The predicted octanol–water partition coefficient (Wildman–Crippen LogP) is 5.30. The molecule has 5 rings (SSSR count). The fraction of sp³-hybridized carbons (Fsp3) is 0.267. The molecule has 1 aromatic heterocycles. The second kappa shape index (κ2) is 9.41. The van der Waals surface area contributed by atoms with Gasteiger partial charge in [-0.15, -0.1) is 0 Å². The number of carbonyl (C=O) groups is 2. The van der Waals surface area contributed by atoms with E-state index in [4.69, 9.17) is 4.74 Å². The van der Waals surface area contributed by atoms with Crippen molar-refractivity contribution < 1.29 is 14.3 Å². The van der Waals surface area contributed by atoms with Crippen LogP contribution >= 0.6 is 0 Å². The number of carbonyl (C=O) groups excluding carboxylic acids is 2. The summed E-state index contributed by atoms with van der Waals surface area (Å²) < 4.78 is 6.02. The van der Waals surface area contributed by atoms with Crippen molar-refractivity contribution in [1.82, 2.24) is 10.3 Å². The highest BCUT2D eigenvalue weighted by Gasteiger charge is 2.45. The Morgan fingerprint density at radius 3 is 2.31 bits per heavy atom. The number of hydrogen-bond donors (Lipinski definition) is 2. The first-order valence-corrected chi connectivity index (χ1v) is 12.1. The summed E-state index contributed by atoms with van der Waals surface area (Å²) >= 11 is 0. The molecule has 178 valence electrons. The van der Waals surface area contributed by atoms with Crippen LogP contribution in [0.25, 0.3) is 10.9 Å². The molecule has 1 aliphatic carbocycles. The zero-order valence-corrected chi connectivity index (χ0v) is 20.1. The lowest BCUT2D eigenvalue weighted by Crippen LogP contribution is -2.48. The summed E-state index contributed by atoms with van der Waals surface area (Å²) in [6, 6.07) is 25.6. The van der Waals surface area contributed by atoms with Crippen LogP contribution < -0.4 is 5.32 Å². The first kappa shape index (κ1) is 22.9. The lowest BCUT2D eigenvalue weighted by molar-refractivity contribution is -0.164. The average Bonchev–Trinajstić information content (AvgIpc) is 3.47. The highest BCUT2D eigenvalue weighted by Crippen LogP contribution is 2.32. The summed E-state index contributed by atoms with van der Waals surface area (Å²) in [5, 5.41) is 4.07. The molecule has 0 saturated heterocycles. The minimum Gasteiger partial charge on any atom is -0.461 e. The molecule has 35 heavy (non-hydrogen) atoms. The molecule has 3 aromatic carbocycles. The van der Waals surface area contributed by atoms with Gasteiger partial charge in [0.1, 0.15) is 11.5 Å². The average molecular weight is 467 g/mol. The van der Waals surface area contributed by atoms with Crippen molar-refractivity contribution in [3.63, 3.8) is 0 Å². The van der Waals surface area contributed by atoms with Crippen LogP contribution in [0, 0.1) is 5.41 Å². The number of ether oxygens (including phenoxy) is 1. The van der Waals surface area contributed by atoms with Gasteiger partial charge >= 0.3 is 5.97 Å². The summed E-state index contributed by atoms with van der Waals surface area (Å²) in [5.74, 6) is -0.821. The molecule has 2 unspecified atom stereocenters. The third-order valence-corrected chi connectivity index (χ3v) is 7.11. The third-order valence-electron chi connectivity index (χ3n) is 7.11. The molecule has 0 aliphatic heterocycles. The molecule has 1 amide bonds. The second-order valence-electron chi connectivity index (χ2n) is 9.68. The summed E-state index contributed by atoms with van der Waals surface area (Å²) in [6.07, 6.45) is 3.21. The first-order valence-electron chi connectivity index (χ1n) is 12.1. The summed E-state index contributed by atoms with van der Waals surface area (Å²) in [4.78, 5) is 30.7. The monoisotopic (exact) mass is 466 g/mol. The van der Waals surface area contributed by atoms with Crippen molar-refractivity contribution in [3.8, 4) is 0 Å². The molecule has 0 radical (unpaired) electrons. The number of H-pyrrole nitrogens is 1. The standard InChI is InChI=1S/C30H30N2O3/c1-20(21-10-4-3-5-11-21)32-28(33)30(2,18-24-19-31-27-15-9-8-14-26(24)27)29(34)35-25-16-22-12-6-7-13-23(22)17-25/h3-15,19-20,25,31H,16-18H2,1-2H3,(H,32,33). The molecule has 0 bridgehead atoms. The van der Waals surface area contributed by atoms with Crippen LogP contribution in [0.2, 0.25) is 0 Å². The molecule has 1 heterocycles. The van der Waals surface area contributed by atoms with Gasteiger partial charge in [-0.05, 0) is 48.6 Å². The van der Waals surface area contributed by atoms with Gasteiger partial charge in [-0.3, -0.25) is 9.59 Å². The molecular formula is C30H30N2O3. The van der Waals surface area contributed by atoms with Crippen LogP contribution in [0.3, 0.4) is 0 Å². The highest BCUT2D eigenvalue weighted by molar-refractivity contribution is 6.03. The van der Waals surface area contributed by atoms with Crippen molar-refractivity contribution in [1.29, 1.82) is 0 Å².